The molecule has 1 aliphatic heterocycles. The van der Waals surface area contributed by atoms with Gasteiger partial charge in [0.25, 0.3) is 0 Å². The van der Waals surface area contributed by atoms with Crippen LogP contribution >= 0.6 is 23.4 Å². The zero-order chi connectivity index (χ0) is 21.6. The molecule has 0 fully saturated rings. The smallest absolute Gasteiger partial charge is 0.182 e. The van der Waals surface area contributed by atoms with E-state index >= 15 is 0 Å². The van der Waals surface area contributed by atoms with Crippen molar-refractivity contribution in [3.63, 3.8) is 0 Å². The van der Waals surface area contributed by atoms with Crippen molar-refractivity contribution in [3.05, 3.63) is 58.3 Å². The van der Waals surface area contributed by atoms with Gasteiger partial charge in [-0.1, -0.05) is 36.7 Å². The first-order valence-electron chi connectivity index (χ1n) is 9.67. The van der Waals surface area contributed by atoms with Gasteiger partial charge >= 0.3 is 0 Å². The SMILES string of the molecule is CCc1cc(-c2cc(Cl)ccc2OC)ccc1C1=C(O)C(C)(C)SC(C)(C)C1=O. The molecule has 0 saturated heterocycles. The van der Waals surface area contributed by atoms with Crippen LogP contribution < -0.4 is 4.74 Å². The molecule has 0 atom stereocenters. The van der Waals surface area contributed by atoms with Crippen LogP contribution in [0.2, 0.25) is 5.02 Å². The van der Waals surface area contributed by atoms with Gasteiger partial charge in [0.15, 0.2) is 5.78 Å². The third-order valence-corrected chi connectivity index (χ3v) is 6.95. The molecule has 3 rings (SSSR count). The maximum absolute atomic E-state index is 13.2. The van der Waals surface area contributed by atoms with Crippen LogP contribution in [0, 0.1) is 0 Å². The minimum atomic E-state index is -0.606. The van der Waals surface area contributed by atoms with Crippen molar-refractivity contribution in [2.24, 2.45) is 0 Å². The molecule has 1 N–H and O–H groups in total. The van der Waals surface area contributed by atoms with E-state index in [0.717, 1.165) is 34.4 Å². The monoisotopic (exact) mass is 430 g/mol. The molecule has 0 aromatic heterocycles. The Morgan fingerprint density at radius 3 is 2.34 bits per heavy atom. The van der Waals surface area contributed by atoms with Crippen LogP contribution in [0.1, 0.15) is 45.7 Å². The van der Waals surface area contributed by atoms with Gasteiger partial charge in [0.2, 0.25) is 0 Å². The standard InChI is InChI=1S/C24H27ClO3S/c1-7-14-12-15(18-13-16(25)9-11-19(18)28-6)8-10-17(14)20-21(26)23(2,3)29-24(4,5)22(20)27/h8-13,26H,7H2,1-6H3. The first-order chi connectivity index (χ1) is 13.5. The second-order valence-electron chi connectivity index (χ2n) is 8.25. The highest BCUT2D eigenvalue weighted by atomic mass is 35.5. The van der Waals surface area contributed by atoms with Crippen LogP contribution in [0.15, 0.2) is 42.2 Å². The maximum atomic E-state index is 13.2. The first-order valence-corrected chi connectivity index (χ1v) is 10.9. The van der Waals surface area contributed by atoms with E-state index < -0.39 is 9.49 Å². The van der Waals surface area contributed by atoms with Crippen molar-refractivity contribution in [1.29, 1.82) is 0 Å². The summed E-state index contributed by atoms with van der Waals surface area (Å²) in [6.07, 6.45) is 0.726. The van der Waals surface area contributed by atoms with Crippen molar-refractivity contribution in [1.82, 2.24) is 0 Å². The van der Waals surface area contributed by atoms with E-state index in [1.54, 1.807) is 13.2 Å². The van der Waals surface area contributed by atoms with Crippen molar-refractivity contribution in [3.8, 4) is 16.9 Å². The van der Waals surface area contributed by atoms with E-state index in [2.05, 4.69) is 6.07 Å². The summed E-state index contributed by atoms with van der Waals surface area (Å²) in [5, 5.41) is 11.6. The summed E-state index contributed by atoms with van der Waals surface area (Å²) in [6.45, 7) is 9.81. The van der Waals surface area contributed by atoms with E-state index in [-0.39, 0.29) is 11.5 Å². The number of ether oxygens (including phenoxy) is 1. The maximum Gasteiger partial charge on any atom is 0.182 e. The molecule has 29 heavy (non-hydrogen) atoms. The molecule has 2 aromatic carbocycles. The van der Waals surface area contributed by atoms with Crippen molar-refractivity contribution in [2.45, 2.75) is 50.5 Å². The molecule has 0 unspecified atom stereocenters. The molecule has 2 aromatic rings. The van der Waals surface area contributed by atoms with Gasteiger partial charge in [-0.25, -0.2) is 0 Å². The van der Waals surface area contributed by atoms with E-state index in [1.807, 2.05) is 58.9 Å². The lowest BCUT2D eigenvalue weighted by molar-refractivity contribution is -0.115. The van der Waals surface area contributed by atoms with Crippen LogP contribution in [0.5, 0.6) is 5.75 Å². The third kappa shape index (κ3) is 3.93. The Hall–Kier alpha value is -1.91. The number of aliphatic hydroxyl groups excluding tert-OH is 1. The summed E-state index contributed by atoms with van der Waals surface area (Å²) in [4.78, 5) is 13.2. The van der Waals surface area contributed by atoms with Crippen molar-refractivity contribution < 1.29 is 14.6 Å². The minimum absolute atomic E-state index is 0.0397. The largest absolute Gasteiger partial charge is 0.510 e. The van der Waals surface area contributed by atoms with E-state index in [1.165, 1.54) is 11.8 Å². The Kier molecular flexibility index (Phi) is 5.81. The average molecular weight is 431 g/mol. The fraction of sp³-hybridized carbons (Fsp3) is 0.375. The Balaban J connectivity index is 2.21. The molecule has 0 radical (unpaired) electrons. The highest BCUT2D eigenvalue weighted by Gasteiger charge is 2.46. The molecule has 154 valence electrons. The average Bonchev–Trinajstić information content (AvgIpc) is 2.66. The number of Topliss-reactive ketones (excluding diaryl/α,β-unsaturated/α-hetero) is 1. The highest BCUT2D eigenvalue weighted by molar-refractivity contribution is 8.03. The fourth-order valence-electron chi connectivity index (χ4n) is 3.90. The second-order valence-corrected chi connectivity index (χ2v) is 10.9. The quantitative estimate of drug-likeness (QED) is 0.584. The number of aliphatic hydroxyl groups is 1. The molecule has 0 spiro atoms. The molecule has 0 bridgehead atoms. The van der Waals surface area contributed by atoms with E-state index in [0.29, 0.717) is 10.6 Å². The molecule has 0 aliphatic carbocycles. The Morgan fingerprint density at radius 2 is 1.72 bits per heavy atom. The number of carbonyl (C=O) groups is 1. The van der Waals surface area contributed by atoms with Crippen LogP contribution in [-0.2, 0) is 11.2 Å². The number of hydrogen-bond donors (Lipinski definition) is 1. The number of aryl methyl sites for hydroxylation is 1. The lowest BCUT2D eigenvalue weighted by atomic mass is 9.85. The first kappa shape index (κ1) is 21.8. The molecule has 5 heteroatoms. The lowest BCUT2D eigenvalue weighted by Crippen LogP contribution is -2.41. The van der Waals surface area contributed by atoms with Crippen LogP contribution in [0.25, 0.3) is 16.7 Å². The fourth-order valence-corrected chi connectivity index (χ4v) is 5.74. The Morgan fingerprint density at radius 1 is 1.03 bits per heavy atom. The number of methoxy groups -OCH3 is 1. The topological polar surface area (TPSA) is 46.5 Å². The second kappa shape index (κ2) is 7.73. The van der Waals surface area contributed by atoms with Crippen LogP contribution in [0.3, 0.4) is 0 Å². The summed E-state index contributed by atoms with van der Waals surface area (Å²) < 4.78 is 4.36. The molecular formula is C24H27ClO3S. The number of halogens is 1. The Bertz CT molecular complexity index is 1010. The molecule has 3 nitrogen and oxygen atoms in total. The van der Waals surface area contributed by atoms with Gasteiger partial charge in [-0.05, 0) is 69.0 Å². The van der Waals surface area contributed by atoms with Crippen molar-refractivity contribution >= 4 is 34.7 Å². The number of rotatable bonds is 4. The van der Waals surface area contributed by atoms with Gasteiger partial charge in [-0.15, -0.1) is 11.8 Å². The summed E-state index contributed by atoms with van der Waals surface area (Å²) in [5.41, 5.74) is 4.08. The van der Waals surface area contributed by atoms with Gasteiger partial charge in [0, 0.05) is 10.6 Å². The van der Waals surface area contributed by atoms with Gasteiger partial charge in [0.05, 0.1) is 22.2 Å². The Labute approximate surface area is 182 Å². The van der Waals surface area contributed by atoms with Gasteiger partial charge in [0.1, 0.15) is 11.5 Å². The van der Waals surface area contributed by atoms with Gasteiger partial charge in [-0.3, -0.25) is 4.79 Å². The summed E-state index contributed by atoms with van der Waals surface area (Å²) in [5.74, 6) is 0.843. The molecule has 0 saturated carbocycles. The third-order valence-electron chi connectivity index (χ3n) is 5.32. The van der Waals surface area contributed by atoms with E-state index in [9.17, 15) is 9.90 Å². The zero-order valence-corrected chi connectivity index (χ0v) is 19.3. The lowest BCUT2D eigenvalue weighted by Gasteiger charge is -2.39. The number of hydrogen-bond acceptors (Lipinski definition) is 4. The summed E-state index contributed by atoms with van der Waals surface area (Å²) >= 11 is 7.70. The normalized spacial score (nSPS) is 18.1. The predicted molar refractivity (Wildman–Crippen MR) is 123 cm³/mol. The summed E-state index contributed by atoms with van der Waals surface area (Å²) in [7, 11) is 1.63. The van der Waals surface area contributed by atoms with Crippen molar-refractivity contribution in [2.75, 3.05) is 7.11 Å². The molecule has 1 aliphatic rings. The number of thioether (sulfide) groups is 1. The number of ketones is 1. The molecule has 0 amide bonds. The highest BCUT2D eigenvalue weighted by Crippen LogP contribution is 2.50. The number of carbonyl (C=O) groups excluding carboxylic acids is 1. The predicted octanol–water partition coefficient (Wildman–Crippen LogP) is 6.72. The number of allylic oxidation sites excluding steroid dienone is 1. The van der Waals surface area contributed by atoms with Gasteiger partial charge in [-0.2, -0.15) is 0 Å². The minimum Gasteiger partial charge on any atom is -0.510 e. The summed E-state index contributed by atoms with van der Waals surface area (Å²) in [6, 6.07) is 11.5. The van der Waals surface area contributed by atoms with Crippen LogP contribution in [-0.4, -0.2) is 27.5 Å². The van der Waals surface area contributed by atoms with Crippen LogP contribution in [0.4, 0.5) is 0 Å². The zero-order valence-electron chi connectivity index (χ0n) is 17.7. The molecule has 1 heterocycles. The molecular weight excluding hydrogens is 404 g/mol. The van der Waals surface area contributed by atoms with E-state index in [4.69, 9.17) is 16.3 Å². The van der Waals surface area contributed by atoms with Gasteiger partial charge < -0.3 is 9.84 Å². The number of benzene rings is 2.